The van der Waals surface area contributed by atoms with Gasteiger partial charge in [0.25, 0.3) is 17.4 Å². The molecular formula is C24H28FN3O6S. The molecule has 0 bridgehead atoms. The SMILES string of the molecule is Cc1ccc(CNC(=O)c2ccc3n(c2=O)CCN(CC2(S(=O)(=O)CCCO)CC2)C3=O)cc1F. The predicted molar refractivity (Wildman–Crippen MR) is 126 cm³/mol. The van der Waals surface area contributed by atoms with E-state index in [2.05, 4.69) is 5.32 Å². The maximum absolute atomic E-state index is 13.7. The summed E-state index contributed by atoms with van der Waals surface area (Å²) in [5, 5.41) is 11.6. The van der Waals surface area contributed by atoms with Gasteiger partial charge in [-0.25, -0.2) is 12.8 Å². The first-order chi connectivity index (χ1) is 16.6. The Morgan fingerprint density at radius 3 is 2.57 bits per heavy atom. The van der Waals surface area contributed by atoms with Gasteiger partial charge in [0, 0.05) is 32.8 Å². The first-order valence-electron chi connectivity index (χ1n) is 11.5. The molecule has 0 saturated heterocycles. The van der Waals surface area contributed by atoms with Gasteiger partial charge in [-0.3, -0.25) is 14.4 Å². The Morgan fingerprint density at radius 2 is 1.91 bits per heavy atom. The molecule has 1 aliphatic carbocycles. The maximum Gasteiger partial charge on any atom is 0.270 e. The van der Waals surface area contributed by atoms with Crippen LogP contribution in [0.4, 0.5) is 4.39 Å². The van der Waals surface area contributed by atoms with Crippen molar-refractivity contribution in [3.8, 4) is 0 Å². The fourth-order valence-electron chi connectivity index (χ4n) is 4.34. The minimum absolute atomic E-state index is 0.0385. The number of amides is 2. The van der Waals surface area contributed by atoms with E-state index in [0.717, 1.165) is 0 Å². The van der Waals surface area contributed by atoms with Crippen LogP contribution in [0, 0.1) is 12.7 Å². The number of aliphatic hydroxyl groups is 1. The lowest BCUT2D eigenvalue weighted by Crippen LogP contribution is -2.50. The number of aliphatic hydroxyl groups excluding tert-OH is 1. The lowest BCUT2D eigenvalue weighted by Gasteiger charge is -2.32. The molecule has 0 radical (unpaired) electrons. The lowest BCUT2D eigenvalue weighted by molar-refractivity contribution is 0.0695. The minimum Gasteiger partial charge on any atom is -0.396 e. The third-order valence-electron chi connectivity index (χ3n) is 6.73. The molecule has 2 aromatic rings. The van der Waals surface area contributed by atoms with Crippen molar-refractivity contribution >= 4 is 21.7 Å². The molecule has 2 aliphatic rings. The highest BCUT2D eigenvalue weighted by molar-refractivity contribution is 7.93. The third kappa shape index (κ3) is 4.87. The van der Waals surface area contributed by atoms with Gasteiger partial charge in [-0.15, -0.1) is 0 Å². The van der Waals surface area contributed by atoms with Gasteiger partial charge < -0.3 is 19.9 Å². The Morgan fingerprint density at radius 1 is 1.17 bits per heavy atom. The van der Waals surface area contributed by atoms with Crippen molar-refractivity contribution in [2.75, 3.05) is 25.4 Å². The zero-order valence-electron chi connectivity index (χ0n) is 19.4. The molecule has 2 amide bonds. The molecule has 35 heavy (non-hydrogen) atoms. The van der Waals surface area contributed by atoms with E-state index in [1.54, 1.807) is 19.1 Å². The summed E-state index contributed by atoms with van der Waals surface area (Å²) in [7, 11) is -3.47. The number of benzene rings is 1. The number of hydrogen-bond donors (Lipinski definition) is 2. The van der Waals surface area contributed by atoms with E-state index in [1.807, 2.05) is 0 Å². The van der Waals surface area contributed by atoms with E-state index >= 15 is 0 Å². The number of sulfone groups is 1. The summed E-state index contributed by atoms with van der Waals surface area (Å²) < 4.78 is 39.4. The molecule has 1 aromatic heterocycles. The molecule has 4 rings (SSSR count). The van der Waals surface area contributed by atoms with Gasteiger partial charge in [0.1, 0.15) is 17.1 Å². The first-order valence-corrected chi connectivity index (χ1v) is 13.1. The molecule has 2 N–H and O–H groups in total. The van der Waals surface area contributed by atoms with Gasteiger partial charge in [0.15, 0.2) is 9.84 Å². The van der Waals surface area contributed by atoms with Crippen LogP contribution in [0.15, 0.2) is 35.1 Å². The highest BCUT2D eigenvalue weighted by Crippen LogP contribution is 2.45. The van der Waals surface area contributed by atoms with Gasteiger partial charge in [0.2, 0.25) is 0 Å². The number of nitrogens with one attached hydrogen (secondary N) is 1. The second-order valence-corrected chi connectivity index (χ2v) is 11.7. The van der Waals surface area contributed by atoms with Gasteiger partial charge in [-0.05, 0) is 55.5 Å². The Bertz CT molecular complexity index is 1330. The van der Waals surface area contributed by atoms with E-state index in [9.17, 15) is 27.2 Å². The Labute approximate surface area is 202 Å². The van der Waals surface area contributed by atoms with Crippen molar-refractivity contribution in [2.45, 2.75) is 44.0 Å². The van der Waals surface area contributed by atoms with Crippen molar-refractivity contribution in [1.29, 1.82) is 0 Å². The number of halogens is 1. The van der Waals surface area contributed by atoms with E-state index in [-0.39, 0.29) is 62.0 Å². The summed E-state index contributed by atoms with van der Waals surface area (Å²) >= 11 is 0. The van der Waals surface area contributed by atoms with E-state index in [4.69, 9.17) is 5.11 Å². The topological polar surface area (TPSA) is 126 Å². The number of hydrogen-bond acceptors (Lipinski definition) is 6. The number of carbonyl (C=O) groups excluding carboxylic acids is 2. The molecule has 0 unspecified atom stereocenters. The molecule has 1 aromatic carbocycles. The predicted octanol–water partition coefficient (Wildman–Crippen LogP) is 1.01. The monoisotopic (exact) mass is 505 g/mol. The highest BCUT2D eigenvalue weighted by Gasteiger charge is 2.55. The first kappa shape index (κ1) is 25.1. The summed E-state index contributed by atoms with van der Waals surface area (Å²) in [6.07, 6.45) is 1.07. The van der Waals surface area contributed by atoms with Crippen LogP contribution in [-0.2, 0) is 22.9 Å². The molecule has 9 nitrogen and oxygen atoms in total. The van der Waals surface area contributed by atoms with Crippen LogP contribution in [0.3, 0.4) is 0 Å². The van der Waals surface area contributed by atoms with Crippen LogP contribution in [0.5, 0.6) is 0 Å². The van der Waals surface area contributed by atoms with Crippen LogP contribution in [0.2, 0.25) is 0 Å². The van der Waals surface area contributed by atoms with Crippen molar-refractivity contribution in [1.82, 2.24) is 14.8 Å². The average molecular weight is 506 g/mol. The number of pyridine rings is 1. The number of aryl methyl sites for hydroxylation is 1. The van der Waals surface area contributed by atoms with Gasteiger partial charge in [-0.1, -0.05) is 12.1 Å². The van der Waals surface area contributed by atoms with Crippen LogP contribution in [-0.4, -0.2) is 65.0 Å². The smallest absolute Gasteiger partial charge is 0.270 e. The number of rotatable bonds is 9. The Hall–Kier alpha value is -3.05. The molecule has 188 valence electrons. The van der Waals surface area contributed by atoms with E-state index in [1.165, 1.54) is 27.7 Å². The highest BCUT2D eigenvalue weighted by atomic mass is 32.2. The second-order valence-electron chi connectivity index (χ2n) is 9.16. The second kappa shape index (κ2) is 9.54. The van der Waals surface area contributed by atoms with Gasteiger partial charge in [-0.2, -0.15) is 0 Å². The summed E-state index contributed by atoms with van der Waals surface area (Å²) in [6.45, 7) is 1.79. The van der Waals surface area contributed by atoms with Crippen molar-refractivity contribution in [3.05, 3.63) is 68.9 Å². The fraction of sp³-hybridized carbons (Fsp3) is 0.458. The number of aromatic nitrogens is 1. The Kier molecular flexibility index (Phi) is 6.83. The molecule has 1 aliphatic heterocycles. The molecule has 0 atom stereocenters. The molecule has 1 fully saturated rings. The van der Waals surface area contributed by atoms with Crippen molar-refractivity contribution < 1.29 is 27.5 Å². The van der Waals surface area contributed by atoms with Crippen molar-refractivity contribution in [2.24, 2.45) is 0 Å². The van der Waals surface area contributed by atoms with E-state index in [0.29, 0.717) is 24.0 Å². The molecular weight excluding hydrogens is 477 g/mol. The molecule has 1 saturated carbocycles. The normalized spacial score (nSPS) is 16.7. The number of fused-ring (bicyclic) bond motifs is 1. The van der Waals surface area contributed by atoms with Gasteiger partial charge >= 0.3 is 0 Å². The Balaban J connectivity index is 1.47. The summed E-state index contributed by atoms with van der Waals surface area (Å²) in [6, 6.07) is 7.29. The standard InChI is InChI=1S/C24H28FN3O6S/c1-16-3-4-17(13-19(16)25)14-26-21(30)18-5-6-20-23(32)27(9-10-28(20)22(18)31)15-24(7-8-24)35(33,34)12-2-11-29/h3-6,13,29H,2,7-12,14-15H2,1H3,(H,26,30). The van der Waals surface area contributed by atoms with Crippen LogP contribution >= 0.6 is 0 Å². The quantitative estimate of drug-likeness (QED) is 0.524. The zero-order valence-corrected chi connectivity index (χ0v) is 20.2. The molecule has 0 spiro atoms. The maximum atomic E-state index is 13.7. The summed E-state index contributed by atoms with van der Waals surface area (Å²) in [4.78, 5) is 40.1. The van der Waals surface area contributed by atoms with Crippen LogP contribution < -0.4 is 10.9 Å². The summed E-state index contributed by atoms with van der Waals surface area (Å²) in [5.41, 5.74) is 0.393. The largest absolute Gasteiger partial charge is 0.396 e. The van der Waals surface area contributed by atoms with Crippen LogP contribution in [0.1, 0.15) is 51.2 Å². The van der Waals surface area contributed by atoms with E-state index < -0.39 is 32.0 Å². The van der Waals surface area contributed by atoms with Crippen molar-refractivity contribution in [3.63, 3.8) is 0 Å². The average Bonchev–Trinajstić information content (AvgIpc) is 3.62. The minimum atomic E-state index is -3.47. The summed E-state index contributed by atoms with van der Waals surface area (Å²) in [5.74, 6) is -1.61. The molecule has 2 heterocycles. The number of carbonyl (C=O) groups is 2. The zero-order chi connectivity index (χ0) is 25.4. The number of nitrogens with zero attached hydrogens (tertiary/aromatic N) is 2. The van der Waals surface area contributed by atoms with Gasteiger partial charge in [0.05, 0.1) is 10.5 Å². The third-order valence-corrected chi connectivity index (χ3v) is 9.41. The fourth-order valence-corrected chi connectivity index (χ4v) is 6.36. The van der Waals surface area contributed by atoms with Crippen LogP contribution in [0.25, 0.3) is 0 Å². The molecule has 11 heteroatoms. The lowest BCUT2D eigenvalue weighted by atomic mass is 10.1.